The van der Waals surface area contributed by atoms with Crippen LogP contribution in [-0.2, 0) is 19.6 Å². The molecule has 0 saturated carbocycles. The highest BCUT2D eigenvalue weighted by molar-refractivity contribution is 7.88. The van der Waals surface area contributed by atoms with Gasteiger partial charge in [-0.25, -0.2) is 17.5 Å². The molecule has 8 heteroatoms. The molecule has 1 aliphatic rings. The molecule has 7 nitrogen and oxygen atoms in total. The van der Waals surface area contributed by atoms with E-state index < -0.39 is 27.4 Å². The Hall–Kier alpha value is -1.15. The summed E-state index contributed by atoms with van der Waals surface area (Å²) in [5.74, 6) is -1.85. The molecule has 0 aromatic heterocycles. The van der Waals surface area contributed by atoms with Gasteiger partial charge in [0.2, 0.25) is 15.9 Å². The molecule has 0 bridgehead atoms. The summed E-state index contributed by atoms with van der Waals surface area (Å²) in [7, 11) is -3.33. The zero-order valence-electron chi connectivity index (χ0n) is 13.0. The molecule has 1 atom stereocenters. The predicted molar refractivity (Wildman–Crippen MR) is 78.2 cm³/mol. The molecule has 1 heterocycles. The molecule has 1 fully saturated rings. The van der Waals surface area contributed by atoms with Gasteiger partial charge in [-0.3, -0.25) is 4.79 Å². The average Bonchev–Trinajstić information content (AvgIpc) is 2.38. The summed E-state index contributed by atoms with van der Waals surface area (Å²) >= 11 is 0. The van der Waals surface area contributed by atoms with Gasteiger partial charge in [0, 0.05) is 19.6 Å². The van der Waals surface area contributed by atoms with Crippen LogP contribution in [0.3, 0.4) is 0 Å². The van der Waals surface area contributed by atoms with Crippen LogP contribution in [0.2, 0.25) is 0 Å². The fourth-order valence-corrected chi connectivity index (χ4v) is 3.52. The summed E-state index contributed by atoms with van der Waals surface area (Å²) in [6.45, 7) is 5.50. The molecule has 1 unspecified atom stereocenters. The number of aliphatic carboxylic acids is 1. The Balaban J connectivity index is 2.93. The monoisotopic (exact) mass is 320 g/mol. The van der Waals surface area contributed by atoms with Crippen molar-refractivity contribution in [3.05, 3.63) is 0 Å². The Morgan fingerprint density at radius 3 is 2.38 bits per heavy atom. The van der Waals surface area contributed by atoms with Gasteiger partial charge in [-0.05, 0) is 33.6 Å². The third-order valence-corrected chi connectivity index (χ3v) is 5.25. The van der Waals surface area contributed by atoms with Crippen molar-refractivity contribution in [1.82, 2.24) is 9.21 Å². The molecular weight excluding hydrogens is 296 g/mol. The minimum atomic E-state index is -3.33. The number of hydrogen-bond acceptors (Lipinski definition) is 4. The fraction of sp³-hybridized carbons (Fsp3) is 0.846. The van der Waals surface area contributed by atoms with Crippen LogP contribution >= 0.6 is 0 Å². The largest absolute Gasteiger partial charge is 0.480 e. The van der Waals surface area contributed by atoms with Crippen molar-refractivity contribution in [1.29, 1.82) is 0 Å². The molecule has 0 aliphatic carbocycles. The lowest BCUT2D eigenvalue weighted by Crippen LogP contribution is -2.56. The summed E-state index contributed by atoms with van der Waals surface area (Å²) in [5.41, 5.74) is -1.31. The van der Waals surface area contributed by atoms with E-state index in [4.69, 9.17) is 0 Å². The number of sulfonamides is 1. The van der Waals surface area contributed by atoms with E-state index in [2.05, 4.69) is 0 Å². The van der Waals surface area contributed by atoms with Gasteiger partial charge < -0.3 is 10.0 Å². The Morgan fingerprint density at radius 2 is 1.95 bits per heavy atom. The summed E-state index contributed by atoms with van der Waals surface area (Å²) in [5, 5.41) is 9.27. The van der Waals surface area contributed by atoms with Crippen LogP contribution < -0.4 is 0 Å². The minimum Gasteiger partial charge on any atom is -0.480 e. The van der Waals surface area contributed by atoms with Crippen LogP contribution in [0.15, 0.2) is 0 Å². The van der Waals surface area contributed by atoms with Gasteiger partial charge in [-0.1, -0.05) is 0 Å². The Labute approximate surface area is 126 Å². The Bertz CT molecular complexity index is 515. The molecule has 0 radical (unpaired) electrons. The standard InChI is InChI=1S/C13H24N2O5S/c1-5-15(13(2,3)12(17)18)11(16)10-7-6-8-14(9-10)21(4,19)20/h10H,5-9H2,1-4H3,(H,17,18). The van der Waals surface area contributed by atoms with Crippen LogP contribution in [-0.4, -0.2) is 66.0 Å². The van der Waals surface area contributed by atoms with Gasteiger partial charge in [0.05, 0.1) is 12.2 Å². The first-order valence-corrected chi connectivity index (χ1v) is 8.86. The van der Waals surface area contributed by atoms with E-state index in [1.54, 1.807) is 6.92 Å². The number of rotatable bonds is 5. The number of piperidine rings is 1. The van der Waals surface area contributed by atoms with Gasteiger partial charge in [-0.15, -0.1) is 0 Å². The number of carboxylic acid groups (broad SMARTS) is 1. The first-order chi connectivity index (χ1) is 9.51. The Kier molecular flexibility index (Phi) is 5.38. The van der Waals surface area contributed by atoms with Crippen LogP contribution in [0.4, 0.5) is 0 Å². The van der Waals surface area contributed by atoms with Gasteiger partial charge >= 0.3 is 5.97 Å². The normalized spacial score (nSPS) is 21.0. The molecule has 1 N–H and O–H groups in total. The highest BCUT2D eigenvalue weighted by Crippen LogP contribution is 2.24. The molecular formula is C13H24N2O5S. The van der Waals surface area contributed by atoms with Crippen molar-refractivity contribution in [3.8, 4) is 0 Å². The third-order valence-electron chi connectivity index (χ3n) is 3.98. The van der Waals surface area contributed by atoms with E-state index in [0.717, 1.165) is 6.26 Å². The van der Waals surface area contributed by atoms with Crippen LogP contribution in [0, 0.1) is 5.92 Å². The number of carboxylic acids is 1. The molecule has 0 aromatic rings. The van der Waals surface area contributed by atoms with E-state index >= 15 is 0 Å². The summed E-state index contributed by atoms with van der Waals surface area (Å²) < 4.78 is 24.5. The molecule has 1 aliphatic heterocycles. The van der Waals surface area contributed by atoms with Crippen molar-refractivity contribution < 1.29 is 23.1 Å². The van der Waals surface area contributed by atoms with E-state index in [0.29, 0.717) is 19.4 Å². The third kappa shape index (κ3) is 3.94. The summed E-state index contributed by atoms with van der Waals surface area (Å²) in [6, 6.07) is 0. The van der Waals surface area contributed by atoms with Crippen molar-refractivity contribution in [2.24, 2.45) is 5.92 Å². The van der Waals surface area contributed by atoms with E-state index in [1.807, 2.05) is 0 Å². The molecule has 1 saturated heterocycles. The SMILES string of the molecule is CCN(C(=O)C1CCCN(S(C)(=O)=O)C1)C(C)(C)C(=O)O. The zero-order valence-corrected chi connectivity index (χ0v) is 13.8. The highest BCUT2D eigenvalue weighted by Gasteiger charge is 2.41. The van der Waals surface area contributed by atoms with E-state index in [9.17, 15) is 23.1 Å². The predicted octanol–water partition coefficient (Wildman–Crippen LogP) is 0.370. The summed E-state index contributed by atoms with van der Waals surface area (Å²) in [4.78, 5) is 25.2. The smallest absolute Gasteiger partial charge is 0.329 e. The maximum absolute atomic E-state index is 12.6. The van der Waals surface area contributed by atoms with Gasteiger partial charge in [0.15, 0.2) is 0 Å². The molecule has 21 heavy (non-hydrogen) atoms. The second-order valence-electron chi connectivity index (χ2n) is 5.91. The van der Waals surface area contributed by atoms with Gasteiger partial charge in [0.1, 0.15) is 5.54 Å². The number of nitrogens with zero attached hydrogens (tertiary/aromatic N) is 2. The van der Waals surface area contributed by atoms with Crippen LogP contribution in [0.1, 0.15) is 33.6 Å². The first-order valence-electron chi connectivity index (χ1n) is 7.01. The van der Waals surface area contributed by atoms with Crippen molar-refractivity contribution in [3.63, 3.8) is 0 Å². The van der Waals surface area contributed by atoms with Gasteiger partial charge in [-0.2, -0.15) is 0 Å². The molecule has 122 valence electrons. The van der Waals surface area contributed by atoms with Crippen LogP contribution in [0.5, 0.6) is 0 Å². The second-order valence-corrected chi connectivity index (χ2v) is 7.89. The molecule has 0 aromatic carbocycles. The van der Waals surface area contributed by atoms with E-state index in [1.165, 1.54) is 23.1 Å². The number of likely N-dealkylation sites (N-methyl/N-ethyl adjacent to an activating group) is 1. The average molecular weight is 320 g/mol. The zero-order chi connectivity index (χ0) is 16.4. The fourth-order valence-electron chi connectivity index (χ4n) is 2.61. The molecule has 1 amide bonds. The summed E-state index contributed by atoms with van der Waals surface area (Å²) in [6.07, 6.45) is 2.31. The topological polar surface area (TPSA) is 95.0 Å². The van der Waals surface area contributed by atoms with Gasteiger partial charge in [0.25, 0.3) is 0 Å². The lowest BCUT2D eigenvalue weighted by atomic mass is 9.94. The molecule has 0 spiro atoms. The number of hydrogen-bond donors (Lipinski definition) is 1. The minimum absolute atomic E-state index is 0.129. The first kappa shape index (κ1) is 17.9. The Morgan fingerprint density at radius 1 is 1.38 bits per heavy atom. The lowest BCUT2D eigenvalue weighted by molar-refractivity contribution is -0.159. The lowest BCUT2D eigenvalue weighted by Gasteiger charge is -2.39. The number of carbonyl (C=O) groups excluding carboxylic acids is 1. The number of amides is 1. The quantitative estimate of drug-likeness (QED) is 0.789. The van der Waals surface area contributed by atoms with Crippen molar-refractivity contribution in [2.75, 3.05) is 25.9 Å². The van der Waals surface area contributed by atoms with Crippen molar-refractivity contribution >= 4 is 21.9 Å². The highest BCUT2D eigenvalue weighted by atomic mass is 32.2. The molecule has 1 rings (SSSR count). The van der Waals surface area contributed by atoms with Crippen LogP contribution in [0.25, 0.3) is 0 Å². The maximum atomic E-state index is 12.6. The van der Waals surface area contributed by atoms with Crippen molar-refractivity contribution in [2.45, 2.75) is 39.2 Å². The maximum Gasteiger partial charge on any atom is 0.329 e. The van der Waals surface area contributed by atoms with E-state index in [-0.39, 0.29) is 19.0 Å². The second kappa shape index (κ2) is 6.31. The number of carbonyl (C=O) groups is 2.